The third kappa shape index (κ3) is 6.04. The second-order valence-electron chi connectivity index (χ2n) is 4.15. The Balaban J connectivity index is 2.70. The molecule has 0 radical (unpaired) electrons. The first-order chi connectivity index (χ1) is 9.78. The van der Waals surface area contributed by atoms with Crippen molar-refractivity contribution in [3.8, 4) is 11.5 Å². The summed E-state index contributed by atoms with van der Waals surface area (Å²) in [5.74, 6) is 1.23. The van der Waals surface area contributed by atoms with E-state index in [-0.39, 0.29) is 11.4 Å². The van der Waals surface area contributed by atoms with Gasteiger partial charge < -0.3 is 14.2 Å². The number of methoxy groups -OCH3 is 2. The van der Waals surface area contributed by atoms with Crippen molar-refractivity contribution in [2.45, 2.75) is 17.4 Å². The number of alkyl halides is 4. The topological polar surface area (TPSA) is 27.7 Å². The van der Waals surface area contributed by atoms with Crippen molar-refractivity contribution in [1.82, 2.24) is 0 Å². The van der Waals surface area contributed by atoms with Gasteiger partial charge in [0, 0.05) is 17.0 Å². The zero-order valence-electron chi connectivity index (χ0n) is 11.5. The fourth-order valence-electron chi connectivity index (χ4n) is 1.66. The molecule has 0 saturated heterocycles. The molecule has 0 amide bonds. The number of rotatable bonds is 7. The third-order valence-electron chi connectivity index (χ3n) is 2.62. The lowest BCUT2D eigenvalue weighted by molar-refractivity contribution is -0.174. The molecule has 120 valence electrons. The first-order valence-corrected chi connectivity index (χ1v) is 7.69. The van der Waals surface area contributed by atoms with E-state index in [1.807, 2.05) is 0 Å². The van der Waals surface area contributed by atoms with Crippen LogP contribution in [0.1, 0.15) is 16.8 Å². The summed E-state index contributed by atoms with van der Waals surface area (Å²) in [6.45, 7) is -1.26. The van der Waals surface area contributed by atoms with Crippen LogP contribution >= 0.6 is 31.9 Å². The number of benzene rings is 1. The highest BCUT2D eigenvalue weighted by atomic mass is 79.9. The standard InChI is InChI=1S/C13H15Br2F3O3/c1-19-11-6-10(15)12(20-2)5-8(11)9(14)3-4-21-7-13(16,17)18/h5-6,9H,3-4,7H2,1-2H3. The summed E-state index contributed by atoms with van der Waals surface area (Å²) in [7, 11) is 3.06. The van der Waals surface area contributed by atoms with E-state index in [1.54, 1.807) is 12.1 Å². The summed E-state index contributed by atoms with van der Waals surface area (Å²) in [6, 6.07) is 3.52. The van der Waals surface area contributed by atoms with Gasteiger partial charge in [0.15, 0.2) is 0 Å². The van der Waals surface area contributed by atoms with Gasteiger partial charge in [-0.2, -0.15) is 13.2 Å². The summed E-state index contributed by atoms with van der Waals surface area (Å²) in [5.41, 5.74) is 0.785. The third-order valence-corrected chi connectivity index (χ3v) is 4.19. The van der Waals surface area contributed by atoms with Gasteiger partial charge in [-0.15, -0.1) is 0 Å². The zero-order valence-corrected chi connectivity index (χ0v) is 14.6. The Hall–Kier alpha value is -0.470. The van der Waals surface area contributed by atoms with E-state index < -0.39 is 12.8 Å². The van der Waals surface area contributed by atoms with Gasteiger partial charge in [-0.05, 0) is 34.5 Å². The highest BCUT2D eigenvalue weighted by molar-refractivity contribution is 9.10. The second kappa shape index (κ2) is 8.24. The van der Waals surface area contributed by atoms with Gasteiger partial charge in [-0.1, -0.05) is 15.9 Å². The van der Waals surface area contributed by atoms with Crippen LogP contribution in [0.25, 0.3) is 0 Å². The van der Waals surface area contributed by atoms with Crippen molar-refractivity contribution in [3.63, 3.8) is 0 Å². The molecule has 21 heavy (non-hydrogen) atoms. The summed E-state index contributed by atoms with van der Waals surface area (Å²) in [5, 5.41) is 0. The molecule has 0 aliphatic heterocycles. The van der Waals surface area contributed by atoms with Crippen LogP contribution in [-0.2, 0) is 4.74 Å². The van der Waals surface area contributed by atoms with Gasteiger partial charge >= 0.3 is 6.18 Å². The van der Waals surface area contributed by atoms with Gasteiger partial charge in [0.1, 0.15) is 18.1 Å². The molecule has 0 bridgehead atoms. The summed E-state index contributed by atoms with van der Waals surface area (Å²) < 4.78 is 51.8. The minimum absolute atomic E-state index is 0.0169. The number of hydrogen-bond acceptors (Lipinski definition) is 3. The predicted octanol–water partition coefficient (Wildman–Crippen LogP) is 4.87. The van der Waals surface area contributed by atoms with Gasteiger partial charge in [-0.3, -0.25) is 0 Å². The smallest absolute Gasteiger partial charge is 0.411 e. The van der Waals surface area contributed by atoms with Crippen LogP contribution in [0.2, 0.25) is 0 Å². The quantitative estimate of drug-likeness (QED) is 0.451. The van der Waals surface area contributed by atoms with Crippen LogP contribution in [0.5, 0.6) is 11.5 Å². The zero-order chi connectivity index (χ0) is 16.0. The molecule has 1 atom stereocenters. The van der Waals surface area contributed by atoms with Gasteiger partial charge in [0.2, 0.25) is 0 Å². The molecule has 1 aromatic rings. The van der Waals surface area contributed by atoms with Crippen molar-refractivity contribution in [3.05, 3.63) is 22.2 Å². The van der Waals surface area contributed by atoms with Crippen LogP contribution in [0, 0.1) is 0 Å². The average molecular weight is 436 g/mol. The Morgan fingerprint density at radius 1 is 1.14 bits per heavy atom. The van der Waals surface area contributed by atoms with Crippen LogP contribution in [0.4, 0.5) is 13.2 Å². The van der Waals surface area contributed by atoms with Gasteiger partial charge in [0.05, 0.1) is 18.7 Å². The molecule has 0 aliphatic carbocycles. The van der Waals surface area contributed by atoms with E-state index in [2.05, 4.69) is 36.6 Å². The molecular weight excluding hydrogens is 421 g/mol. The minimum Gasteiger partial charge on any atom is -0.496 e. The number of hydrogen-bond donors (Lipinski definition) is 0. The van der Waals surface area contributed by atoms with E-state index in [1.165, 1.54) is 14.2 Å². The number of halogens is 5. The maximum Gasteiger partial charge on any atom is 0.411 e. The van der Waals surface area contributed by atoms with E-state index in [0.717, 1.165) is 10.0 Å². The van der Waals surface area contributed by atoms with Crippen LogP contribution in [0.15, 0.2) is 16.6 Å². The van der Waals surface area contributed by atoms with Crippen molar-refractivity contribution in [2.75, 3.05) is 27.4 Å². The van der Waals surface area contributed by atoms with Gasteiger partial charge in [0.25, 0.3) is 0 Å². The molecule has 1 aromatic carbocycles. The Kier molecular flexibility index (Phi) is 7.29. The molecule has 8 heteroatoms. The van der Waals surface area contributed by atoms with Crippen molar-refractivity contribution in [2.24, 2.45) is 0 Å². The summed E-state index contributed by atoms with van der Waals surface area (Å²) in [6.07, 6.45) is -3.93. The molecule has 1 rings (SSSR count). The van der Waals surface area contributed by atoms with Crippen molar-refractivity contribution >= 4 is 31.9 Å². The Labute approximate surface area is 138 Å². The van der Waals surface area contributed by atoms with E-state index >= 15 is 0 Å². The van der Waals surface area contributed by atoms with Crippen LogP contribution < -0.4 is 9.47 Å². The van der Waals surface area contributed by atoms with Crippen molar-refractivity contribution < 1.29 is 27.4 Å². The highest BCUT2D eigenvalue weighted by Crippen LogP contribution is 2.40. The van der Waals surface area contributed by atoms with E-state index in [4.69, 9.17) is 9.47 Å². The summed E-state index contributed by atoms with van der Waals surface area (Å²) >= 11 is 6.78. The van der Waals surface area contributed by atoms with Crippen LogP contribution in [0.3, 0.4) is 0 Å². The molecular formula is C13H15Br2F3O3. The summed E-state index contributed by atoms with van der Waals surface area (Å²) in [4.78, 5) is -0.206. The first kappa shape index (κ1) is 18.6. The largest absolute Gasteiger partial charge is 0.496 e. The minimum atomic E-state index is -4.31. The average Bonchev–Trinajstić information content (AvgIpc) is 2.41. The lowest BCUT2D eigenvalue weighted by Crippen LogP contribution is -2.17. The number of ether oxygens (including phenoxy) is 3. The molecule has 0 spiro atoms. The monoisotopic (exact) mass is 434 g/mol. The fraction of sp³-hybridized carbons (Fsp3) is 0.538. The molecule has 0 aromatic heterocycles. The predicted molar refractivity (Wildman–Crippen MR) is 80.4 cm³/mol. The lowest BCUT2D eigenvalue weighted by atomic mass is 10.1. The Morgan fingerprint density at radius 3 is 2.29 bits per heavy atom. The second-order valence-corrected chi connectivity index (χ2v) is 6.11. The molecule has 0 heterocycles. The molecule has 3 nitrogen and oxygen atoms in total. The normalized spacial score (nSPS) is 13.1. The van der Waals surface area contributed by atoms with E-state index in [9.17, 15) is 13.2 Å². The molecule has 0 fully saturated rings. The fourth-order valence-corrected chi connectivity index (χ4v) is 2.69. The Morgan fingerprint density at radius 2 is 1.76 bits per heavy atom. The Bertz CT molecular complexity index is 467. The first-order valence-electron chi connectivity index (χ1n) is 5.98. The van der Waals surface area contributed by atoms with Gasteiger partial charge in [-0.25, -0.2) is 0 Å². The molecule has 0 aliphatic rings. The maximum absolute atomic E-state index is 12.0. The highest BCUT2D eigenvalue weighted by Gasteiger charge is 2.27. The SMILES string of the molecule is COc1cc(C(Br)CCOCC(F)(F)F)c(OC)cc1Br. The molecule has 0 saturated carbocycles. The maximum atomic E-state index is 12.0. The lowest BCUT2D eigenvalue weighted by Gasteiger charge is -2.17. The molecule has 0 N–H and O–H groups in total. The van der Waals surface area contributed by atoms with E-state index in [0.29, 0.717) is 17.9 Å². The van der Waals surface area contributed by atoms with Crippen LogP contribution in [-0.4, -0.2) is 33.6 Å². The van der Waals surface area contributed by atoms with Crippen molar-refractivity contribution in [1.29, 1.82) is 0 Å². The molecule has 1 unspecified atom stereocenters.